The number of hydrogen-bond acceptors (Lipinski definition) is 2. The Morgan fingerprint density at radius 2 is 1.92 bits per heavy atom. The molecule has 2 unspecified atom stereocenters. The van der Waals surface area contributed by atoms with E-state index in [-0.39, 0.29) is 6.10 Å². The van der Waals surface area contributed by atoms with E-state index in [0.717, 1.165) is 31.8 Å². The molecule has 12 heavy (non-hydrogen) atoms. The number of rotatable bonds is 7. The van der Waals surface area contributed by atoms with Crippen molar-refractivity contribution in [2.45, 2.75) is 45.6 Å². The van der Waals surface area contributed by atoms with E-state index in [9.17, 15) is 0 Å². The van der Waals surface area contributed by atoms with Crippen molar-refractivity contribution in [1.29, 1.82) is 0 Å². The van der Waals surface area contributed by atoms with Crippen LogP contribution in [0.1, 0.15) is 39.5 Å². The monoisotopic (exact) mass is 174 g/mol. The lowest BCUT2D eigenvalue weighted by atomic mass is 9.96. The van der Waals surface area contributed by atoms with E-state index < -0.39 is 0 Å². The maximum atomic E-state index is 9.09. The van der Waals surface area contributed by atoms with Crippen molar-refractivity contribution in [2.24, 2.45) is 5.92 Å². The molecule has 0 saturated heterocycles. The summed E-state index contributed by atoms with van der Waals surface area (Å²) in [6.07, 6.45) is 4.21. The minimum atomic E-state index is -0.151. The molecule has 2 heteroatoms. The lowest BCUT2D eigenvalue weighted by Crippen LogP contribution is -2.07. The predicted molar refractivity (Wildman–Crippen MR) is 51.2 cm³/mol. The minimum Gasteiger partial charge on any atom is -0.393 e. The van der Waals surface area contributed by atoms with Gasteiger partial charge in [-0.25, -0.2) is 0 Å². The van der Waals surface area contributed by atoms with E-state index in [4.69, 9.17) is 9.84 Å². The minimum absolute atomic E-state index is 0.151. The van der Waals surface area contributed by atoms with Gasteiger partial charge in [0, 0.05) is 13.7 Å². The first kappa shape index (κ1) is 11.9. The number of ether oxygens (including phenoxy) is 1. The van der Waals surface area contributed by atoms with E-state index in [1.807, 2.05) is 6.92 Å². The molecule has 0 aromatic carbocycles. The molecule has 2 atom stereocenters. The first-order valence-electron chi connectivity index (χ1n) is 4.87. The van der Waals surface area contributed by atoms with Crippen molar-refractivity contribution >= 4 is 0 Å². The molecule has 0 aliphatic heterocycles. The summed E-state index contributed by atoms with van der Waals surface area (Å²) >= 11 is 0. The molecule has 0 radical (unpaired) electrons. The summed E-state index contributed by atoms with van der Waals surface area (Å²) in [5, 5.41) is 9.09. The standard InChI is InChI=1S/C10H22O2/c1-4-10(7-8-12-3)6-5-9(2)11/h9-11H,4-8H2,1-3H3. The Hall–Kier alpha value is -0.0800. The van der Waals surface area contributed by atoms with Gasteiger partial charge in [-0.15, -0.1) is 0 Å². The van der Waals surface area contributed by atoms with Gasteiger partial charge in [0.1, 0.15) is 0 Å². The van der Waals surface area contributed by atoms with Gasteiger partial charge in [0.2, 0.25) is 0 Å². The summed E-state index contributed by atoms with van der Waals surface area (Å²) in [5.74, 6) is 0.722. The number of aliphatic hydroxyl groups excluding tert-OH is 1. The van der Waals surface area contributed by atoms with E-state index >= 15 is 0 Å². The van der Waals surface area contributed by atoms with Crippen LogP contribution in [-0.4, -0.2) is 24.9 Å². The van der Waals surface area contributed by atoms with Crippen LogP contribution in [0.2, 0.25) is 0 Å². The normalized spacial score (nSPS) is 16.0. The summed E-state index contributed by atoms with van der Waals surface area (Å²) in [6, 6.07) is 0. The highest BCUT2D eigenvalue weighted by Gasteiger charge is 2.07. The summed E-state index contributed by atoms with van der Waals surface area (Å²) in [7, 11) is 1.74. The maximum absolute atomic E-state index is 9.09. The van der Waals surface area contributed by atoms with E-state index in [1.165, 1.54) is 6.42 Å². The Kier molecular flexibility index (Phi) is 7.51. The van der Waals surface area contributed by atoms with Crippen molar-refractivity contribution in [2.75, 3.05) is 13.7 Å². The molecule has 0 rings (SSSR count). The fourth-order valence-corrected chi connectivity index (χ4v) is 1.31. The second-order valence-corrected chi connectivity index (χ2v) is 3.48. The Morgan fingerprint density at radius 3 is 2.33 bits per heavy atom. The molecule has 2 nitrogen and oxygen atoms in total. The molecule has 0 heterocycles. The molecule has 0 fully saturated rings. The largest absolute Gasteiger partial charge is 0.393 e. The Morgan fingerprint density at radius 1 is 1.25 bits per heavy atom. The molecule has 1 N–H and O–H groups in total. The second-order valence-electron chi connectivity index (χ2n) is 3.48. The van der Waals surface area contributed by atoms with Crippen LogP contribution in [0.5, 0.6) is 0 Å². The highest BCUT2D eigenvalue weighted by Crippen LogP contribution is 2.16. The van der Waals surface area contributed by atoms with Gasteiger partial charge in [0.05, 0.1) is 6.10 Å². The zero-order valence-corrected chi connectivity index (χ0v) is 8.55. The molecular formula is C10H22O2. The van der Waals surface area contributed by atoms with Crippen LogP contribution in [0.3, 0.4) is 0 Å². The molecule has 0 bridgehead atoms. The Labute approximate surface area is 75.9 Å². The van der Waals surface area contributed by atoms with Crippen molar-refractivity contribution in [3.8, 4) is 0 Å². The van der Waals surface area contributed by atoms with Crippen LogP contribution < -0.4 is 0 Å². The Bertz CT molecular complexity index is 91.8. The van der Waals surface area contributed by atoms with Crippen LogP contribution in [0.4, 0.5) is 0 Å². The lowest BCUT2D eigenvalue weighted by molar-refractivity contribution is 0.151. The number of hydrogen-bond donors (Lipinski definition) is 1. The molecule has 74 valence electrons. The van der Waals surface area contributed by atoms with Crippen LogP contribution in [0.25, 0.3) is 0 Å². The smallest absolute Gasteiger partial charge is 0.0512 e. The lowest BCUT2D eigenvalue weighted by Gasteiger charge is -2.14. The first-order valence-corrected chi connectivity index (χ1v) is 4.87. The molecule has 0 saturated carbocycles. The van der Waals surface area contributed by atoms with Crippen molar-refractivity contribution in [3.63, 3.8) is 0 Å². The summed E-state index contributed by atoms with van der Waals surface area (Å²) in [5.41, 5.74) is 0. The average Bonchev–Trinajstić information content (AvgIpc) is 2.05. The second kappa shape index (κ2) is 7.56. The van der Waals surface area contributed by atoms with Crippen molar-refractivity contribution < 1.29 is 9.84 Å². The summed E-state index contributed by atoms with van der Waals surface area (Å²) in [4.78, 5) is 0. The van der Waals surface area contributed by atoms with Gasteiger partial charge in [-0.05, 0) is 32.1 Å². The first-order chi connectivity index (χ1) is 5.70. The molecule has 0 aromatic heterocycles. The topological polar surface area (TPSA) is 29.5 Å². The third-order valence-electron chi connectivity index (χ3n) is 2.30. The van der Waals surface area contributed by atoms with E-state index in [2.05, 4.69) is 6.92 Å². The van der Waals surface area contributed by atoms with Crippen LogP contribution >= 0.6 is 0 Å². The van der Waals surface area contributed by atoms with Gasteiger partial charge < -0.3 is 9.84 Å². The number of aliphatic hydroxyl groups is 1. The van der Waals surface area contributed by atoms with E-state index in [0.29, 0.717) is 0 Å². The van der Waals surface area contributed by atoms with Gasteiger partial charge in [-0.1, -0.05) is 13.3 Å². The van der Waals surface area contributed by atoms with Crippen LogP contribution in [-0.2, 0) is 4.74 Å². The molecule has 0 spiro atoms. The Balaban J connectivity index is 3.39. The maximum Gasteiger partial charge on any atom is 0.0512 e. The highest BCUT2D eigenvalue weighted by molar-refractivity contribution is 4.59. The molecule has 0 aliphatic rings. The summed E-state index contributed by atoms with van der Waals surface area (Å²) < 4.78 is 5.02. The van der Waals surface area contributed by atoms with Crippen molar-refractivity contribution in [1.82, 2.24) is 0 Å². The third-order valence-corrected chi connectivity index (χ3v) is 2.30. The van der Waals surface area contributed by atoms with Gasteiger partial charge >= 0.3 is 0 Å². The fraction of sp³-hybridized carbons (Fsp3) is 1.00. The third kappa shape index (κ3) is 6.62. The van der Waals surface area contributed by atoms with Gasteiger partial charge in [0.15, 0.2) is 0 Å². The molecular weight excluding hydrogens is 152 g/mol. The average molecular weight is 174 g/mol. The van der Waals surface area contributed by atoms with Crippen LogP contribution in [0.15, 0.2) is 0 Å². The van der Waals surface area contributed by atoms with Gasteiger partial charge in [-0.2, -0.15) is 0 Å². The van der Waals surface area contributed by atoms with Gasteiger partial charge in [-0.3, -0.25) is 0 Å². The van der Waals surface area contributed by atoms with E-state index in [1.54, 1.807) is 7.11 Å². The van der Waals surface area contributed by atoms with Gasteiger partial charge in [0.25, 0.3) is 0 Å². The highest BCUT2D eigenvalue weighted by atomic mass is 16.5. The zero-order valence-electron chi connectivity index (χ0n) is 8.55. The molecule has 0 aliphatic carbocycles. The predicted octanol–water partition coefficient (Wildman–Crippen LogP) is 2.21. The molecule has 0 amide bonds. The zero-order chi connectivity index (χ0) is 9.40. The molecule has 0 aromatic rings. The van der Waals surface area contributed by atoms with Crippen molar-refractivity contribution in [3.05, 3.63) is 0 Å². The SMILES string of the molecule is CCC(CCOC)CCC(C)O. The summed E-state index contributed by atoms with van der Waals surface area (Å²) in [6.45, 7) is 4.89. The number of methoxy groups -OCH3 is 1. The fourth-order valence-electron chi connectivity index (χ4n) is 1.31. The quantitative estimate of drug-likeness (QED) is 0.641. The van der Waals surface area contributed by atoms with Crippen LogP contribution in [0, 0.1) is 5.92 Å².